The molecule has 2 aromatic rings. The maximum atomic E-state index is 12.9. The first-order chi connectivity index (χ1) is 11.4. The van der Waals surface area contributed by atoms with Crippen molar-refractivity contribution < 1.29 is 22.4 Å². The fourth-order valence-electron chi connectivity index (χ4n) is 4.05. The highest BCUT2D eigenvalue weighted by Gasteiger charge is 2.49. The number of carbonyl (C=O) groups is 1. The monoisotopic (exact) mass is 335 g/mol. The van der Waals surface area contributed by atoms with Crippen molar-refractivity contribution in [1.29, 1.82) is 0 Å². The zero-order valence-electron chi connectivity index (χ0n) is 12.8. The Morgan fingerprint density at radius 1 is 1.21 bits per heavy atom. The molecule has 3 nitrogen and oxygen atoms in total. The summed E-state index contributed by atoms with van der Waals surface area (Å²) >= 11 is 0. The second-order valence-corrected chi connectivity index (χ2v) is 6.44. The molecular formula is C18H16F3NO2. The number of halogens is 3. The Kier molecular flexibility index (Phi) is 3.44. The predicted molar refractivity (Wildman–Crippen MR) is 81.4 cm³/mol. The Morgan fingerprint density at radius 2 is 2.04 bits per heavy atom. The molecule has 1 saturated heterocycles. The Bertz CT molecular complexity index is 767. The largest absolute Gasteiger partial charge is 0.472 e. The molecule has 0 saturated carbocycles. The van der Waals surface area contributed by atoms with Gasteiger partial charge in [0, 0.05) is 24.1 Å². The molecule has 6 heteroatoms. The minimum Gasteiger partial charge on any atom is -0.472 e. The van der Waals surface area contributed by atoms with Crippen molar-refractivity contribution in [3.63, 3.8) is 0 Å². The van der Waals surface area contributed by atoms with E-state index in [1.165, 1.54) is 0 Å². The summed E-state index contributed by atoms with van der Waals surface area (Å²) < 4.78 is 43.7. The standard InChI is InChI=1S/C18H16F3NO2/c19-18(20,21)17(23)22-6-1-2-14-15-8-11(13-5-7-24-10-13)3-4-12(15)9-16(14)22/h3-5,7-8,10,14,16H,1-2,6,9H2. The minimum absolute atomic E-state index is 0.0214. The first kappa shape index (κ1) is 15.3. The van der Waals surface area contributed by atoms with Crippen LogP contribution < -0.4 is 0 Å². The Labute approximate surface area is 137 Å². The van der Waals surface area contributed by atoms with Crippen LogP contribution in [0.4, 0.5) is 13.2 Å². The maximum Gasteiger partial charge on any atom is 0.471 e. The molecule has 1 aliphatic carbocycles. The molecule has 1 aromatic heterocycles. The number of rotatable bonds is 1. The smallest absolute Gasteiger partial charge is 0.471 e. The van der Waals surface area contributed by atoms with Gasteiger partial charge in [0.25, 0.3) is 0 Å². The van der Waals surface area contributed by atoms with Gasteiger partial charge >= 0.3 is 12.1 Å². The molecule has 0 spiro atoms. The first-order valence-corrected chi connectivity index (χ1v) is 7.98. The number of amides is 1. The molecule has 1 aliphatic heterocycles. The van der Waals surface area contributed by atoms with E-state index < -0.39 is 12.1 Å². The van der Waals surface area contributed by atoms with Crippen molar-refractivity contribution in [2.45, 2.75) is 37.4 Å². The van der Waals surface area contributed by atoms with E-state index in [0.29, 0.717) is 12.8 Å². The number of nitrogens with zero attached hydrogens (tertiary/aromatic N) is 1. The summed E-state index contributed by atoms with van der Waals surface area (Å²) in [7, 11) is 0. The summed E-state index contributed by atoms with van der Waals surface area (Å²) in [6, 6.07) is 7.42. The van der Waals surface area contributed by atoms with Crippen LogP contribution in [0.1, 0.15) is 29.9 Å². The van der Waals surface area contributed by atoms with Crippen molar-refractivity contribution in [1.82, 2.24) is 4.90 Å². The molecule has 126 valence electrons. The fourth-order valence-corrected chi connectivity index (χ4v) is 4.05. The summed E-state index contributed by atoms with van der Waals surface area (Å²) in [4.78, 5) is 12.8. The molecule has 0 N–H and O–H groups in total. The van der Waals surface area contributed by atoms with Crippen LogP contribution in [0, 0.1) is 0 Å². The van der Waals surface area contributed by atoms with E-state index in [1.807, 2.05) is 24.3 Å². The molecule has 1 fully saturated rings. The van der Waals surface area contributed by atoms with Gasteiger partial charge in [-0.15, -0.1) is 0 Å². The van der Waals surface area contributed by atoms with Crippen LogP contribution in [0.3, 0.4) is 0 Å². The number of piperidine rings is 1. The van der Waals surface area contributed by atoms with Gasteiger partial charge < -0.3 is 9.32 Å². The molecule has 4 rings (SSSR count). The van der Waals surface area contributed by atoms with Crippen LogP contribution >= 0.6 is 0 Å². The topological polar surface area (TPSA) is 33.5 Å². The van der Waals surface area contributed by atoms with Gasteiger partial charge in [-0.1, -0.05) is 18.2 Å². The third-order valence-corrected chi connectivity index (χ3v) is 5.11. The minimum atomic E-state index is -4.81. The number of hydrogen-bond acceptors (Lipinski definition) is 2. The van der Waals surface area contributed by atoms with Crippen LogP contribution in [0.15, 0.2) is 41.2 Å². The lowest BCUT2D eigenvalue weighted by Gasteiger charge is -2.38. The lowest BCUT2D eigenvalue weighted by molar-refractivity contribution is -0.189. The van der Waals surface area contributed by atoms with Gasteiger partial charge in [0.1, 0.15) is 0 Å². The van der Waals surface area contributed by atoms with Crippen molar-refractivity contribution in [3.05, 3.63) is 47.9 Å². The van der Waals surface area contributed by atoms with E-state index in [1.54, 1.807) is 12.5 Å². The lowest BCUT2D eigenvalue weighted by Crippen LogP contribution is -2.51. The number of benzene rings is 1. The van der Waals surface area contributed by atoms with E-state index in [4.69, 9.17) is 4.42 Å². The second-order valence-electron chi connectivity index (χ2n) is 6.44. The highest BCUT2D eigenvalue weighted by atomic mass is 19.4. The molecule has 1 aromatic carbocycles. The first-order valence-electron chi connectivity index (χ1n) is 7.98. The highest BCUT2D eigenvalue weighted by Crippen LogP contribution is 2.44. The van der Waals surface area contributed by atoms with Gasteiger partial charge in [0.05, 0.1) is 12.5 Å². The van der Waals surface area contributed by atoms with E-state index in [2.05, 4.69) is 0 Å². The highest BCUT2D eigenvalue weighted by molar-refractivity contribution is 5.82. The van der Waals surface area contributed by atoms with Gasteiger partial charge in [0.2, 0.25) is 0 Å². The number of furan rings is 1. The Morgan fingerprint density at radius 3 is 2.75 bits per heavy atom. The number of hydrogen-bond donors (Lipinski definition) is 0. The van der Waals surface area contributed by atoms with E-state index >= 15 is 0 Å². The van der Waals surface area contributed by atoms with Gasteiger partial charge in [-0.05, 0) is 42.0 Å². The summed E-state index contributed by atoms with van der Waals surface area (Å²) in [6.45, 7) is 0.183. The number of fused-ring (bicyclic) bond motifs is 3. The van der Waals surface area contributed by atoms with Crippen molar-refractivity contribution in [2.75, 3.05) is 6.54 Å². The summed E-state index contributed by atoms with van der Waals surface area (Å²) in [6.07, 6.45) is 0.336. The van der Waals surface area contributed by atoms with Crippen molar-refractivity contribution in [2.24, 2.45) is 0 Å². The normalized spacial score (nSPS) is 23.0. The quantitative estimate of drug-likeness (QED) is 0.785. The Balaban J connectivity index is 1.67. The average Bonchev–Trinajstić information content (AvgIpc) is 3.20. The number of alkyl halides is 3. The van der Waals surface area contributed by atoms with E-state index in [9.17, 15) is 18.0 Å². The predicted octanol–water partition coefficient (Wildman–Crippen LogP) is 4.14. The molecule has 1 amide bonds. The fraction of sp³-hybridized carbons (Fsp3) is 0.389. The van der Waals surface area contributed by atoms with Crippen LogP contribution in [-0.4, -0.2) is 29.6 Å². The van der Waals surface area contributed by atoms with Crippen LogP contribution in [-0.2, 0) is 11.2 Å². The van der Waals surface area contributed by atoms with Crippen molar-refractivity contribution in [3.8, 4) is 11.1 Å². The van der Waals surface area contributed by atoms with Gasteiger partial charge in [-0.25, -0.2) is 0 Å². The third kappa shape index (κ3) is 2.41. The molecule has 24 heavy (non-hydrogen) atoms. The molecule has 2 atom stereocenters. The summed E-state index contributed by atoms with van der Waals surface area (Å²) in [5.74, 6) is -1.73. The van der Waals surface area contributed by atoms with E-state index in [0.717, 1.165) is 33.6 Å². The van der Waals surface area contributed by atoms with Crippen LogP contribution in [0.2, 0.25) is 0 Å². The number of likely N-dealkylation sites (tertiary alicyclic amines) is 1. The molecule has 2 unspecified atom stereocenters. The second kappa shape index (κ2) is 5.40. The Hall–Kier alpha value is -2.24. The van der Waals surface area contributed by atoms with E-state index in [-0.39, 0.29) is 18.5 Å². The molecule has 0 bridgehead atoms. The maximum absolute atomic E-state index is 12.9. The zero-order chi connectivity index (χ0) is 16.9. The molecule has 2 heterocycles. The zero-order valence-corrected chi connectivity index (χ0v) is 12.8. The summed E-state index contributed by atoms with van der Waals surface area (Å²) in [5.41, 5.74) is 4.04. The molecule has 2 aliphatic rings. The average molecular weight is 335 g/mol. The van der Waals surface area contributed by atoms with Gasteiger partial charge in [-0.3, -0.25) is 4.79 Å². The molecular weight excluding hydrogens is 319 g/mol. The van der Waals surface area contributed by atoms with Crippen LogP contribution in [0.5, 0.6) is 0 Å². The van der Waals surface area contributed by atoms with Gasteiger partial charge in [-0.2, -0.15) is 13.2 Å². The third-order valence-electron chi connectivity index (χ3n) is 5.11. The van der Waals surface area contributed by atoms with Crippen LogP contribution in [0.25, 0.3) is 11.1 Å². The molecule has 0 radical (unpaired) electrons. The van der Waals surface area contributed by atoms with Crippen molar-refractivity contribution >= 4 is 5.91 Å². The van der Waals surface area contributed by atoms with Gasteiger partial charge in [0.15, 0.2) is 0 Å². The summed E-state index contributed by atoms with van der Waals surface area (Å²) in [5, 5.41) is 0. The SMILES string of the molecule is O=C(N1CCCC2c3cc(-c4ccoc4)ccc3CC21)C(F)(F)F. The lowest BCUT2D eigenvalue weighted by atomic mass is 9.87. The number of carbonyl (C=O) groups excluding carboxylic acids is 1.